The molecule has 41 heavy (non-hydrogen) atoms. The van der Waals surface area contributed by atoms with E-state index in [9.17, 15) is 37.4 Å². The number of nitrogens with zero attached hydrogens (tertiary/aromatic N) is 2. The molecule has 8 nitrogen and oxygen atoms in total. The van der Waals surface area contributed by atoms with E-state index in [0.29, 0.717) is 11.1 Å². The van der Waals surface area contributed by atoms with Crippen molar-refractivity contribution in [1.82, 2.24) is 0 Å². The fraction of sp³-hybridized carbons (Fsp3) is 0.0667. The van der Waals surface area contributed by atoms with Gasteiger partial charge in [0.05, 0.1) is 9.85 Å². The van der Waals surface area contributed by atoms with E-state index >= 15 is 0 Å². The van der Waals surface area contributed by atoms with Crippen molar-refractivity contribution in [2.45, 2.75) is 10.5 Å². The molecule has 0 fully saturated rings. The lowest BCUT2D eigenvalue weighted by atomic mass is 10.1. The van der Waals surface area contributed by atoms with Gasteiger partial charge in [0.15, 0.2) is 9.84 Å². The molecule has 0 aliphatic rings. The summed E-state index contributed by atoms with van der Waals surface area (Å²) in [6.45, 7) is 0. The summed E-state index contributed by atoms with van der Waals surface area (Å²) < 4.78 is 55.5. The minimum atomic E-state index is -4.25. The summed E-state index contributed by atoms with van der Waals surface area (Å²) in [6.07, 6.45) is 5.79. The maximum atomic E-state index is 14.3. The van der Waals surface area contributed by atoms with Crippen molar-refractivity contribution in [2.75, 3.05) is 0 Å². The first kappa shape index (κ1) is 29.0. The molecule has 0 amide bonds. The van der Waals surface area contributed by atoms with Gasteiger partial charge >= 0.3 is 0 Å². The Kier molecular flexibility index (Phi) is 8.78. The summed E-state index contributed by atoms with van der Waals surface area (Å²) in [4.78, 5) is 21.2. The highest BCUT2D eigenvalue weighted by Gasteiger charge is 2.34. The van der Waals surface area contributed by atoms with Gasteiger partial charge in [-0.05, 0) is 46.5 Å². The number of non-ortho nitro benzene ring substituents is 2. The lowest BCUT2D eigenvalue weighted by Crippen LogP contribution is -2.19. The lowest BCUT2D eigenvalue weighted by Gasteiger charge is -2.21. The average molecular weight is 577 g/mol. The van der Waals surface area contributed by atoms with Crippen LogP contribution in [0.5, 0.6) is 0 Å². The van der Waals surface area contributed by atoms with Gasteiger partial charge in [-0.15, -0.1) is 0 Å². The monoisotopic (exact) mass is 576 g/mol. The summed E-state index contributed by atoms with van der Waals surface area (Å²) in [5, 5.41) is 19.7. The van der Waals surface area contributed by atoms with Crippen molar-refractivity contribution in [1.29, 1.82) is 0 Å². The Morgan fingerprint density at radius 2 is 0.878 bits per heavy atom. The molecule has 208 valence electrons. The van der Waals surface area contributed by atoms with Gasteiger partial charge in [0.25, 0.3) is 11.4 Å². The van der Waals surface area contributed by atoms with Crippen molar-refractivity contribution in [3.05, 3.63) is 163 Å². The molecule has 0 radical (unpaired) electrons. The minimum absolute atomic E-state index is 0.226. The third-order valence-corrected chi connectivity index (χ3v) is 8.51. The molecule has 0 saturated heterocycles. The van der Waals surface area contributed by atoms with E-state index < -0.39 is 41.8 Å². The molecule has 0 heterocycles. The first-order valence-electron chi connectivity index (χ1n) is 12.1. The Bertz CT molecular complexity index is 1580. The van der Waals surface area contributed by atoms with Crippen LogP contribution in [0.4, 0.5) is 20.2 Å². The van der Waals surface area contributed by atoms with Crippen LogP contribution in [-0.2, 0) is 9.84 Å². The van der Waals surface area contributed by atoms with Gasteiger partial charge in [0, 0.05) is 24.3 Å². The molecule has 0 aliphatic heterocycles. The molecule has 0 spiro atoms. The Morgan fingerprint density at radius 1 is 0.561 bits per heavy atom. The SMILES string of the molecule is O=[N+]([O-])c1ccc(C(/C=C/c2ccc(F)cc2)S(=O)(=O)C(/C=C/c2ccc(F)cc2)c2ccc([N+](=O)[O-])cc2)cc1. The van der Waals surface area contributed by atoms with Crippen LogP contribution >= 0.6 is 0 Å². The molecule has 2 unspecified atom stereocenters. The topological polar surface area (TPSA) is 120 Å². The molecule has 11 heteroatoms. The van der Waals surface area contributed by atoms with E-state index in [0.717, 1.165) is 0 Å². The van der Waals surface area contributed by atoms with Crippen LogP contribution in [0, 0.1) is 31.9 Å². The number of halogens is 2. The van der Waals surface area contributed by atoms with Gasteiger partial charge in [0.2, 0.25) is 0 Å². The van der Waals surface area contributed by atoms with Crippen molar-refractivity contribution in [3.8, 4) is 0 Å². The zero-order chi connectivity index (χ0) is 29.6. The maximum Gasteiger partial charge on any atom is 0.269 e. The van der Waals surface area contributed by atoms with Crippen LogP contribution < -0.4 is 0 Å². The molecule has 0 aromatic heterocycles. The second-order valence-corrected chi connectivity index (χ2v) is 11.1. The van der Waals surface area contributed by atoms with Crippen LogP contribution in [-0.4, -0.2) is 18.3 Å². The van der Waals surface area contributed by atoms with Gasteiger partial charge < -0.3 is 0 Å². The van der Waals surface area contributed by atoms with Crippen molar-refractivity contribution >= 4 is 33.4 Å². The van der Waals surface area contributed by atoms with Crippen LogP contribution in [0.3, 0.4) is 0 Å². The standard InChI is InChI=1S/C30H22F2N2O6S/c31-25-11-1-21(2-12-25)5-19-29(23-7-15-27(16-8-23)33(35)36)41(39,40)30(20-6-22-3-13-26(32)14-4-22)24-9-17-28(18-10-24)34(37)38/h1-20,29-30H/b19-5+,20-6+. The highest BCUT2D eigenvalue weighted by Crippen LogP contribution is 2.38. The second-order valence-electron chi connectivity index (χ2n) is 8.95. The van der Waals surface area contributed by atoms with Gasteiger partial charge in [-0.2, -0.15) is 0 Å². The third kappa shape index (κ3) is 7.14. The van der Waals surface area contributed by atoms with E-state index in [1.807, 2.05) is 0 Å². The number of hydrogen-bond donors (Lipinski definition) is 0. The molecule has 4 aromatic rings. The Hall–Kier alpha value is -5.03. The van der Waals surface area contributed by atoms with Crippen LogP contribution in [0.2, 0.25) is 0 Å². The predicted octanol–water partition coefficient (Wildman–Crippen LogP) is 7.41. The molecule has 0 saturated carbocycles. The van der Waals surface area contributed by atoms with E-state index in [1.165, 1.54) is 121 Å². The summed E-state index contributed by atoms with van der Waals surface area (Å²) in [5.41, 5.74) is 1.04. The molecule has 4 aromatic carbocycles. The van der Waals surface area contributed by atoms with Gasteiger partial charge in [-0.25, -0.2) is 17.2 Å². The Labute approximate surface area is 234 Å². The highest BCUT2D eigenvalue weighted by molar-refractivity contribution is 7.92. The van der Waals surface area contributed by atoms with E-state index in [-0.39, 0.29) is 22.5 Å². The molecular formula is C30H22F2N2O6S. The summed E-state index contributed by atoms with van der Waals surface area (Å²) >= 11 is 0. The molecule has 0 N–H and O–H groups in total. The van der Waals surface area contributed by atoms with E-state index in [2.05, 4.69) is 0 Å². The summed E-state index contributed by atoms with van der Waals surface area (Å²) in [7, 11) is -4.25. The number of nitro benzene ring substituents is 2. The van der Waals surface area contributed by atoms with Gasteiger partial charge in [0.1, 0.15) is 22.1 Å². The Balaban J connectivity index is 1.84. The van der Waals surface area contributed by atoms with Crippen LogP contribution in [0.15, 0.2) is 109 Å². The summed E-state index contributed by atoms with van der Waals surface area (Å²) in [5.74, 6) is -0.934. The normalized spacial score (nSPS) is 13.3. The van der Waals surface area contributed by atoms with Crippen LogP contribution in [0.25, 0.3) is 12.2 Å². The van der Waals surface area contributed by atoms with Gasteiger partial charge in [-0.1, -0.05) is 72.8 Å². The third-order valence-electron chi connectivity index (χ3n) is 6.24. The molecule has 0 aliphatic carbocycles. The number of benzene rings is 4. The highest BCUT2D eigenvalue weighted by atomic mass is 32.2. The molecule has 0 bridgehead atoms. The smallest absolute Gasteiger partial charge is 0.258 e. The zero-order valence-corrected chi connectivity index (χ0v) is 22.0. The summed E-state index contributed by atoms with van der Waals surface area (Å²) in [6, 6.07) is 20.9. The molecular weight excluding hydrogens is 554 g/mol. The van der Waals surface area contributed by atoms with Crippen molar-refractivity contribution in [3.63, 3.8) is 0 Å². The fourth-order valence-electron chi connectivity index (χ4n) is 4.09. The number of hydrogen-bond acceptors (Lipinski definition) is 6. The first-order chi connectivity index (χ1) is 19.5. The average Bonchev–Trinajstić information content (AvgIpc) is 2.95. The van der Waals surface area contributed by atoms with Crippen molar-refractivity contribution in [2.24, 2.45) is 0 Å². The predicted molar refractivity (Wildman–Crippen MR) is 151 cm³/mol. The fourth-order valence-corrected chi connectivity index (χ4v) is 6.08. The van der Waals surface area contributed by atoms with E-state index in [4.69, 9.17) is 0 Å². The minimum Gasteiger partial charge on any atom is -0.258 e. The van der Waals surface area contributed by atoms with Gasteiger partial charge in [-0.3, -0.25) is 20.2 Å². The largest absolute Gasteiger partial charge is 0.269 e. The number of rotatable bonds is 10. The first-order valence-corrected chi connectivity index (χ1v) is 13.7. The zero-order valence-electron chi connectivity index (χ0n) is 21.2. The number of sulfone groups is 1. The van der Waals surface area contributed by atoms with Crippen molar-refractivity contribution < 1.29 is 27.0 Å². The van der Waals surface area contributed by atoms with Crippen LogP contribution in [0.1, 0.15) is 32.8 Å². The maximum absolute atomic E-state index is 14.3. The Morgan fingerprint density at radius 3 is 1.17 bits per heavy atom. The lowest BCUT2D eigenvalue weighted by molar-refractivity contribution is -0.385. The quantitative estimate of drug-likeness (QED) is 0.143. The second kappa shape index (κ2) is 12.4. The molecule has 4 rings (SSSR count). The molecule has 2 atom stereocenters. The van der Waals surface area contributed by atoms with E-state index in [1.54, 1.807) is 0 Å². The number of nitro groups is 2.